The van der Waals surface area contributed by atoms with Gasteiger partial charge in [-0.15, -0.1) is 0 Å². The van der Waals surface area contributed by atoms with Crippen LogP contribution in [0.1, 0.15) is 58.6 Å². The molecule has 0 bridgehead atoms. The first-order chi connectivity index (χ1) is 15.7. The lowest BCUT2D eigenvalue weighted by Crippen LogP contribution is -2.38. The van der Waals surface area contributed by atoms with Crippen LogP contribution in [-0.4, -0.2) is 44.5 Å². The van der Waals surface area contributed by atoms with Crippen LogP contribution in [0.2, 0.25) is 19.6 Å². The van der Waals surface area contributed by atoms with Crippen LogP contribution < -0.4 is 4.74 Å². The number of hydrogen-bond acceptors (Lipinski definition) is 5. The normalized spacial score (nSPS) is 20.5. The van der Waals surface area contributed by atoms with Crippen molar-refractivity contribution in [2.45, 2.75) is 58.2 Å². The summed E-state index contributed by atoms with van der Waals surface area (Å²) in [5, 5.41) is 0. The van der Waals surface area contributed by atoms with Crippen LogP contribution in [0, 0.1) is 5.92 Å². The molecule has 7 heteroatoms. The Bertz CT molecular complexity index is 977. The predicted octanol–water partition coefficient (Wildman–Crippen LogP) is 5.42. The van der Waals surface area contributed by atoms with E-state index in [0.717, 1.165) is 37.2 Å². The fourth-order valence-corrected chi connectivity index (χ4v) is 5.53. The fraction of sp³-hybridized carbons (Fsp3) is 0.462. The van der Waals surface area contributed by atoms with Crippen molar-refractivity contribution < 1.29 is 23.5 Å². The number of imide groups is 1. The summed E-state index contributed by atoms with van der Waals surface area (Å²) in [6, 6.07) is 14.9. The quantitative estimate of drug-likeness (QED) is 0.383. The first kappa shape index (κ1) is 23.7. The molecular weight excluding hydrogens is 434 g/mol. The third kappa shape index (κ3) is 5.54. The minimum atomic E-state index is -1.93. The second kappa shape index (κ2) is 9.79. The van der Waals surface area contributed by atoms with E-state index >= 15 is 0 Å². The summed E-state index contributed by atoms with van der Waals surface area (Å²) in [6.07, 6.45) is 2.57. The van der Waals surface area contributed by atoms with E-state index in [1.54, 1.807) is 24.3 Å². The number of rotatable bonds is 8. The maximum Gasteiger partial charge on any atom is 0.261 e. The van der Waals surface area contributed by atoms with Crippen molar-refractivity contribution in [1.82, 2.24) is 4.90 Å². The van der Waals surface area contributed by atoms with Crippen LogP contribution in [0.3, 0.4) is 0 Å². The molecular formula is C26H33NO5Si. The van der Waals surface area contributed by atoms with Crippen molar-refractivity contribution in [2.24, 2.45) is 5.92 Å². The summed E-state index contributed by atoms with van der Waals surface area (Å²) in [7, 11) is -1.93. The van der Waals surface area contributed by atoms with Crippen LogP contribution in [0.5, 0.6) is 5.75 Å². The number of benzene rings is 2. The zero-order valence-corrected chi connectivity index (χ0v) is 20.9. The minimum absolute atomic E-state index is 0.0971. The average molecular weight is 468 g/mol. The van der Waals surface area contributed by atoms with Gasteiger partial charge in [0, 0.05) is 18.9 Å². The number of amides is 2. The summed E-state index contributed by atoms with van der Waals surface area (Å²) >= 11 is 0. The highest BCUT2D eigenvalue weighted by Gasteiger charge is 2.38. The van der Waals surface area contributed by atoms with Gasteiger partial charge in [-0.3, -0.25) is 14.5 Å². The van der Waals surface area contributed by atoms with Crippen LogP contribution in [-0.2, 0) is 9.16 Å². The molecule has 3 atom stereocenters. The molecule has 2 aliphatic rings. The van der Waals surface area contributed by atoms with Gasteiger partial charge in [-0.1, -0.05) is 31.2 Å². The molecule has 176 valence electrons. The smallest absolute Gasteiger partial charge is 0.261 e. The summed E-state index contributed by atoms with van der Waals surface area (Å²) in [6.45, 7) is 9.48. The zero-order valence-electron chi connectivity index (χ0n) is 19.9. The number of carbonyl (C=O) groups is 2. The second-order valence-electron chi connectivity index (χ2n) is 9.88. The molecule has 2 aliphatic heterocycles. The Kier molecular flexibility index (Phi) is 7.02. The van der Waals surface area contributed by atoms with E-state index in [-0.39, 0.29) is 36.7 Å². The first-order valence-electron chi connectivity index (χ1n) is 11.7. The molecule has 0 saturated carbocycles. The van der Waals surface area contributed by atoms with Crippen molar-refractivity contribution in [2.75, 3.05) is 13.2 Å². The van der Waals surface area contributed by atoms with Gasteiger partial charge in [-0.25, -0.2) is 0 Å². The van der Waals surface area contributed by atoms with E-state index in [4.69, 9.17) is 13.9 Å². The van der Waals surface area contributed by atoms with Crippen molar-refractivity contribution in [1.29, 1.82) is 0 Å². The monoisotopic (exact) mass is 467 g/mol. The van der Waals surface area contributed by atoms with E-state index in [0.29, 0.717) is 11.1 Å². The lowest BCUT2D eigenvalue weighted by molar-refractivity contribution is -0.106. The van der Waals surface area contributed by atoms with Gasteiger partial charge in [0.1, 0.15) is 5.75 Å². The van der Waals surface area contributed by atoms with Crippen LogP contribution in [0.15, 0.2) is 48.5 Å². The minimum Gasteiger partial charge on any atom is -0.465 e. The van der Waals surface area contributed by atoms with Crippen molar-refractivity contribution >= 4 is 20.1 Å². The van der Waals surface area contributed by atoms with Gasteiger partial charge in [0.05, 0.1) is 23.8 Å². The Balaban J connectivity index is 1.54. The maximum absolute atomic E-state index is 12.9. The lowest BCUT2D eigenvalue weighted by Gasteiger charge is -2.33. The van der Waals surface area contributed by atoms with Crippen molar-refractivity contribution in [3.8, 4) is 5.75 Å². The number of fused-ring (bicyclic) bond motifs is 1. The van der Waals surface area contributed by atoms with E-state index in [1.807, 2.05) is 31.2 Å². The molecule has 1 unspecified atom stereocenters. The SMILES string of the molecule is C[C@H](CN1C(=O)c2ccccc2C1=O)[C@@H](O[Si](C)(C)C)c1cccc(OC2CCCCO2)c1. The van der Waals surface area contributed by atoms with Crippen molar-refractivity contribution in [3.05, 3.63) is 65.2 Å². The molecule has 2 amide bonds. The molecule has 0 radical (unpaired) electrons. The maximum atomic E-state index is 12.9. The van der Waals surface area contributed by atoms with Crippen molar-refractivity contribution in [3.63, 3.8) is 0 Å². The Morgan fingerprint density at radius 1 is 1.03 bits per heavy atom. The fourth-order valence-electron chi connectivity index (χ4n) is 4.40. The Hall–Kier alpha value is -2.48. The molecule has 33 heavy (non-hydrogen) atoms. The molecule has 2 aromatic carbocycles. The highest BCUT2D eigenvalue weighted by atomic mass is 28.4. The number of ether oxygens (including phenoxy) is 2. The van der Waals surface area contributed by atoms with Gasteiger partial charge in [0.2, 0.25) is 0 Å². The third-order valence-corrected chi connectivity index (χ3v) is 6.90. The molecule has 0 spiro atoms. The molecule has 0 N–H and O–H groups in total. The molecule has 6 nitrogen and oxygen atoms in total. The van der Waals surface area contributed by atoms with E-state index in [9.17, 15) is 9.59 Å². The summed E-state index contributed by atoms with van der Waals surface area (Å²) < 4.78 is 18.4. The molecule has 1 fully saturated rings. The first-order valence-corrected chi connectivity index (χ1v) is 15.1. The van der Waals surface area contributed by atoms with Crippen LogP contribution in [0.4, 0.5) is 0 Å². The Labute approximate surface area is 197 Å². The highest BCUT2D eigenvalue weighted by molar-refractivity contribution is 6.69. The predicted molar refractivity (Wildman–Crippen MR) is 129 cm³/mol. The zero-order chi connectivity index (χ0) is 23.6. The van der Waals surface area contributed by atoms with Crippen LogP contribution >= 0.6 is 0 Å². The Morgan fingerprint density at radius 2 is 1.73 bits per heavy atom. The van der Waals surface area contributed by atoms with E-state index in [1.165, 1.54) is 4.90 Å². The highest BCUT2D eigenvalue weighted by Crippen LogP contribution is 2.34. The number of carbonyl (C=O) groups excluding carboxylic acids is 2. The second-order valence-corrected chi connectivity index (χ2v) is 14.3. The van der Waals surface area contributed by atoms with Gasteiger partial charge in [0.25, 0.3) is 11.8 Å². The number of nitrogens with zero attached hydrogens (tertiary/aromatic N) is 1. The summed E-state index contributed by atoms with van der Waals surface area (Å²) in [5.41, 5.74) is 1.93. The van der Waals surface area contributed by atoms with Gasteiger partial charge >= 0.3 is 0 Å². The standard InChI is InChI=1S/C26H33NO5Si/c1-18(17-27-25(28)21-12-5-6-13-22(21)26(27)29)24(32-33(2,3)4)19-10-9-11-20(16-19)31-23-14-7-8-15-30-23/h5-6,9-13,16,18,23-24H,7-8,14-15,17H2,1-4H3/t18-,23?,24-/m1/s1. The van der Waals surface area contributed by atoms with Gasteiger partial charge in [-0.2, -0.15) is 0 Å². The topological polar surface area (TPSA) is 65.1 Å². The molecule has 4 rings (SSSR count). The van der Waals surface area contributed by atoms with E-state index in [2.05, 4.69) is 19.6 Å². The molecule has 2 heterocycles. The summed E-state index contributed by atoms with van der Waals surface area (Å²) in [4.78, 5) is 27.2. The van der Waals surface area contributed by atoms with Gasteiger partial charge in [-0.05, 0) is 62.3 Å². The van der Waals surface area contributed by atoms with Crippen LogP contribution in [0.25, 0.3) is 0 Å². The van der Waals surface area contributed by atoms with Gasteiger partial charge < -0.3 is 13.9 Å². The third-order valence-electron chi connectivity index (χ3n) is 5.94. The summed E-state index contributed by atoms with van der Waals surface area (Å²) in [5.74, 6) is 0.179. The number of hydrogen-bond donors (Lipinski definition) is 0. The molecule has 2 aromatic rings. The largest absolute Gasteiger partial charge is 0.465 e. The average Bonchev–Trinajstić information content (AvgIpc) is 3.03. The Morgan fingerprint density at radius 3 is 2.33 bits per heavy atom. The lowest BCUT2D eigenvalue weighted by atomic mass is 9.96. The molecule has 0 aliphatic carbocycles. The van der Waals surface area contributed by atoms with E-state index < -0.39 is 8.32 Å². The molecule has 1 saturated heterocycles. The molecule has 0 aromatic heterocycles. The van der Waals surface area contributed by atoms with Gasteiger partial charge in [0.15, 0.2) is 14.6 Å².